The lowest BCUT2D eigenvalue weighted by molar-refractivity contribution is 1.16. The highest BCUT2D eigenvalue weighted by Crippen LogP contribution is 2.32. The zero-order valence-corrected chi connectivity index (χ0v) is 9.90. The summed E-state index contributed by atoms with van der Waals surface area (Å²) in [6.45, 7) is 2.17. The second kappa shape index (κ2) is 3.77. The quantitative estimate of drug-likeness (QED) is 0.485. The third kappa shape index (κ3) is 1.47. The monoisotopic (exact) mass is 221 g/mol. The Labute approximate surface area is 101 Å². The van der Waals surface area contributed by atoms with Crippen molar-refractivity contribution in [1.82, 2.24) is 0 Å². The van der Waals surface area contributed by atoms with Gasteiger partial charge in [0.15, 0.2) is 0 Å². The van der Waals surface area contributed by atoms with Gasteiger partial charge in [0.25, 0.3) is 0 Å². The molecule has 0 aliphatic heterocycles. The number of rotatable bonds is 1. The van der Waals surface area contributed by atoms with Gasteiger partial charge in [-0.25, -0.2) is 0 Å². The Bertz CT molecular complexity index is 698. The minimum Gasteiger partial charge on any atom is -0.398 e. The molecular formula is C16H15N. The van der Waals surface area contributed by atoms with Gasteiger partial charge in [0.2, 0.25) is 0 Å². The largest absolute Gasteiger partial charge is 0.398 e. The molecule has 0 radical (unpaired) electrons. The molecule has 2 N–H and O–H groups in total. The van der Waals surface area contributed by atoms with Crippen LogP contribution in [0.15, 0.2) is 48.5 Å². The standard InChI is InChI=1S/C16H15N/c1-2-11-7-5-8-13-10-12-6-3-4-9-14(12)16(17)15(11)13/h3-10H,2,17H2,1H3. The second-order valence-electron chi connectivity index (χ2n) is 4.38. The van der Waals surface area contributed by atoms with E-state index < -0.39 is 0 Å². The van der Waals surface area contributed by atoms with Gasteiger partial charge in [0.1, 0.15) is 0 Å². The molecule has 3 aromatic rings. The summed E-state index contributed by atoms with van der Waals surface area (Å²) in [5.41, 5.74) is 8.57. The lowest BCUT2D eigenvalue weighted by atomic mass is 9.96. The summed E-state index contributed by atoms with van der Waals surface area (Å²) in [6.07, 6.45) is 1.01. The number of hydrogen-bond donors (Lipinski definition) is 1. The Morgan fingerprint density at radius 3 is 2.53 bits per heavy atom. The normalized spacial score (nSPS) is 11.1. The van der Waals surface area contributed by atoms with Crippen LogP contribution in [0, 0.1) is 0 Å². The Hall–Kier alpha value is -2.02. The molecule has 1 heteroatoms. The molecule has 84 valence electrons. The second-order valence-corrected chi connectivity index (χ2v) is 4.38. The summed E-state index contributed by atoms with van der Waals surface area (Å²) in [6, 6.07) is 16.9. The number of nitrogens with two attached hydrogens (primary N) is 1. The Morgan fingerprint density at radius 2 is 1.71 bits per heavy atom. The van der Waals surface area contributed by atoms with Crippen LogP contribution in [-0.4, -0.2) is 0 Å². The third-order valence-corrected chi connectivity index (χ3v) is 3.40. The molecule has 0 fully saturated rings. The SMILES string of the molecule is CCc1cccc2cc3ccccc3c(N)c12. The molecule has 0 aromatic heterocycles. The summed E-state index contributed by atoms with van der Waals surface area (Å²) < 4.78 is 0. The van der Waals surface area contributed by atoms with Crippen LogP contribution >= 0.6 is 0 Å². The van der Waals surface area contributed by atoms with Gasteiger partial charge in [-0.05, 0) is 28.8 Å². The van der Waals surface area contributed by atoms with Gasteiger partial charge in [-0.15, -0.1) is 0 Å². The van der Waals surface area contributed by atoms with Crippen molar-refractivity contribution in [3.63, 3.8) is 0 Å². The highest BCUT2D eigenvalue weighted by molar-refractivity contribution is 6.11. The molecule has 1 nitrogen and oxygen atoms in total. The van der Waals surface area contributed by atoms with Crippen LogP contribution in [0.5, 0.6) is 0 Å². The van der Waals surface area contributed by atoms with Crippen LogP contribution in [0.4, 0.5) is 5.69 Å². The van der Waals surface area contributed by atoms with Gasteiger partial charge in [-0.1, -0.05) is 49.4 Å². The maximum atomic E-state index is 6.33. The topological polar surface area (TPSA) is 26.0 Å². The van der Waals surface area contributed by atoms with Crippen molar-refractivity contribution in [1.29, 1.82) is 0 Å². The van der Waals surface area contributed by atoms with E-state index in [4.69, 9.17) is 5.73 Å². The van der Waals surface area contributed by atoms with Crippen LogP contribution in [-0.2, 0) is 6.42 Å². The molecule has 0 amide bonds. The Kier molecular flexibility index (Phi) is 2.25. The molecule has 0 saturated carbocycles. The fourth-order valence-electron chi connectivity index (χ4n) is 2.53. The van der Waals surface area contributed by atoms with Gasteiger partial charge >= 0.3 is 0 Å². The summed E-state index contributed by atoms with van der Waals surface area (Å²) in [5.74, 6) is 0. The maximum absolute atomic E-state index is 6.33. The molecule has 0 spiro atoms. The third-order valence-electron chi connectivity index (χ3n) is 3.40. The van der Waals surface area contributed by atoms with Crippen molar-refractivity contribution in [2.45, 2.75) is 13.3 Å². The van der Waals surface area contributed by atoms with Gasteiger partial charge in [0, 0.05) is 16.5 Å². The highest BCUT2D eigenvalue weighted by atomic mass is 14.6. The van der Waals surface area contributed by atoms with Gasteiger partial charge in [-0.3, -0.25) is 0 Å². The highest BCUT2D eigenvalue weighted by Gasteiger charge is 2.07. The van der Waals surface area contributed by atoms with Crippen LogP contribution in [0.25, 0.3) is 21.5 Å². The van der Waals surface area contributed by atoms with Crippen molar-refractivity contribution in [2.75, 3.05) is 5.73 Å². The average Bonchev–Trinajstić information content (AvgIpc) is 2.38. The number of benzene rings is 3. The summed E-state index contributed by atoms with van der Waals surface area (Å²) >= 11 is 0. The van der Waals surface area contributed by atoms with E-state index in [1.165, 1.54) is 21.7 Å². The first-order valence-corrected chi connectivity index (χ1v) is 6.00. The number of fused-ring (bicyclic) bond motifs is 2. The van der Waals surface area contributed by atoms with Crippen molar-refractivity contribution in [3.05, 3.63) is 54.1 Å². The number of anilines is 1. The van der Waals surface area contributed by atoms with E-state index >= 15 is 0 Å². The predicted molar refractivity (Wildman–Crippen MR) is 75.2 cm³/mol. The van der Waals surface area contributed by atoms with Crippen molar-refractivity contribution in [2.24, 2.45) is 0 Å². The minimum absolute atomic E-state index is 0.913. The molecule has 17 heavy (non-hydrogen) atoms. The predicted octanol–water partition coefficient (Wildman–Crippen LogP) is 4.14. The van der Waals surface area contributed by atoms with E-state index in [9.17, 15) is 0 Å². The number of nitrogen functional groups attached to an aromatic ring is 1. The molecule has 0 heterocycles. The van der Waals surface area contributed by atoms with E-state index in [0.29, 0.717) is 0 Å². The summed E-state index contributed by atoms with van der Waals surface area (Å²) in [7, 11) is 0. The van der Waals surface area contributed by atoms with Gasteiger partial charge < -0.3 is 5.73 Å². The maximum Gasteiger partial charge on any atom is 0.0476 e. The first kappa shape index (κ1) is 10.2. The van der Waals surface area contributed by atoms with Gasteiger partial charge in [0.05, 0.1) is 0 Å². The van der Waals surface area contributed by atoms with Crippen LogP contribution in [0.2, 0.25) is 0 Å². The van der Waals surface area contributed by atoms with Crippen LogP contribution in [0.3, 0.4) is 0 Å². The van der Waals surface area contributed by atoms with Crippen molar-refractivity contribution in [3.8, 4) is 0 Å². The average molecular weight is 221 g/mol. The summed E-state index contributed by atoms with van der Waals surface area (Å²) in [4.78, 5) is 0. The van der Waals surface area contributed by atoms with Crippen LogP contribution < -0.4 is 5.73 Å². The number of hydrogen-bond acceptors (Lipinski definition) is 1. The molecule has 0 aliphatic rings. The van der Waals surface area contributed by atoms with Gasteiger partial charge in [-0.2, -0.15) is 0 Å². The Morgan fingerprint density at radius 1 is 0.941 bits per heavy atom. The summed E-state index contributed by atoms with van der Waals surface area (Å²) in [5, 5.41) is 4.82. The van der Waals surface area contributed by atoms with E-state index in [2.05, 4.69) is 49.4 Å². The van der Waals surface area contributed by atoms with Crippen LogP contribution in [0.1, 0.15) is 12.5 Å². The minimum atomic E-state index is 0.913. The molecule has 3 aromatic carbocycles. The van der Waals surface area contributed by atoms with Crippen molar-refractivity contribution >= 4 is 27.2 Å². The molecule has 0 saturated heterocycles. The molecule has 0 bridgehead atoms. The first-order chi connectivity index (χ1) is 8.31. The zero-order chi connectivity index (χ0) is 11.8. The van der Waals surface area contributed by atoms with E-state index in [-0.39, 0.29) is 0 Å². The van der Waals surface area contributed by atoms with E-state index in [1.54, 1.807) is 0 Å². The first-order valence-electron chi connectivity index (χ1n) is 6.00. The molecule has 3 rings (SSSR count). The zero-order valence-electron chi connectivity index (χ0n) is 9.90. The molecule has 0 atom stereocenters. The Balaban J connectivity index is 2.55. The lowest BCUT2D eigenvalue weighted by Crippen LogP contribution is -1.93. The molecular weight excluding hydrogens is 206 g/mol. The fraction of sp³-hybridized carbons (Fsp3) is 0.125. The smallest absolute Gasteiger partial charge is 0.0476 e. The number of aryl methyl sites for hydroxylation is 1. The van der Waals surface area contributed by atoms with Crippen molar-refractivity contribution < 1.29 is 0 Å². The van der Waals surface area contributed by atoms with E-state index in [0.717, 1.165) is 17.5 Å². The molecule has 0 unspecified atom stereocenters. The fourth-order valence-corrected chi connectivity index (χ4v) is 2.53. The van der Waals surface area contributed by atoms with E-state index in [1.807, 2.05) is 6.07 Å². The molecule has 0 aliphatic carbocycles. The lowest BCUT2D eigenvalue weighted by Gasteiger charge is -2.10.